The van der Waals surface area contributed by atoms with Gasteiger partial charge in [0.2, 0.25) is 0 Å². The highest BCUT2D eigenvalue weighted by molar-refractivity contribution is 5.94. The molecule has 112 valence electrons. The van der Waals surface area contributed by atoms with Crippen LogP contribution in [0.4, 0.5) is 8.78 Å². The number of halogens is 2. The molecule has 6 heteroatoms. The Morgan fingerprint density at radius 3 is 2.71 bits per heavy atom. The van der Waals surface area contributed by atoms with Gasteiger partial charge in [0.1, 0.15) is 17.4 Å². The molecular weight excluding hydrogens is 278 g/mol. The van der Waals surface area contributed by atoms with Crippen LogP contribution in [-0.4, -0.2) is 31.4 Å². The van der Waals surface area contributed by atoms with Gasteiger partial charge in [-0.3, -0.25) is 9.69 Å². The zero-order valence-electron chi connectivity index (χ0n) is 11.8. The number of amides is 1. The van der Waals surface area contributed by atoms with E-state index < -0.39 is 17.5 Å². The van der Waals surface area contributed by atoms with Crippen molar-refractivity contribution in [2.24, 2.45) is 0 Å². The molecule has 0 saturated heterocycles. The minimum absolute atomic E-state index is 0.194. The van der Waals surface area contributed by atoms with Gasteiger partial charge in [-0.2, -0.15) is 0 Å². The second kappa shape index (κ2) is 6.49. The largest absolute Gasteiger partial charge is 0.468 e. The van der Waals surface area contributed by atoms with Crippen molar-refractivity contribution in [2.75, 3.05) is 20.6 Å². The molecule has 4 nitrogen and oxygen atoms in total. The number of carbonyl (C=O) groups excluding carboxylic acids is 1. The van der Waals surface area contributed by atoms with E-state index in [9.17, 15) is 13.6 Å². The van der Waals surface area contributed by atoms with Gasteiger partial charge in [0.05, 0.1) is 17.9 Å². The number of hydrogen-bond donors (Lipinski definition) is 1. The first-order valence-corrected chi connectivity index (χ1v) is 6.42. The molecule has 0 unspecified atom stereocenters. The molecule has 2 aromatic rings. The number of benzene rings is 1. The molecule has 0 aliphatic rings. The van der Waals surface area contributed by atoms with E-state index in [1.54, 1.807) is 18.4 Å². The highest BCUT2D eigenvalue weighted by atomic mass is 19.1. The first-order valence-electron chi connectivity index (χ1n) is 6.42. The number of nitrogens with one attached hydrogen (secondary N) is 1. The van der Waals surface area contributed by atoms with E-state index in [0.29, 0.717) is 5.76 Å². The van der Waals surface area contributed by atoms with Crippen molar-refractivity contribution in [2.45, 2.75) is 6.04 Å². The number of likely N-dealkylation sites (N-methyl/N-ethyl adjacent to an activating group) is 1. The third-order valence-electron chi connectivity index (χ3n) is 3.12. The lowest BCUT2D eigenvalue weighted by atomic mass is 10.1. The van der Waals surface area contributed by atoms with Crippen molar-refractivity contribution in [3.63, 3.8) is 0 Å². The molecule has 0 fully saturated rings. The molecule has 1 N–H and O–H groups in total. The highest BCUT2D eigenvalue weighted by Crippen LogP contribution is 2.18. The van der Waals surface area contributed by atoms with Crippen molar-refractivity contribution in [1.82, 2.24) is 10.2 Å². The second-order valence-corrected chi connectivity index (χ2v) is 4.83. The molecule has 2 rings (SSSR count). The molecule has 1 aromatic heterocycles. The summed E-state index contributed by atoms with van der Waals surface area (Å²) in [5, 5.41) is 2.59. The second-order valence-electron chi connectivity index (χ2n) is 4.83. The van der Waals surface area contributed by atoms with E-state index in [-0.39, 0.29) is 18.2 Å². The van der Waals surface area contributed by atoms with Crippen molar-refractivity contribution >= 4 is 5.91 Å². The fraction of sp³-hybridized carbons (Fsp3) is 0.267. The summed E-state index contributed by atoms with van der Waals surface area (Å²) in [7, 11) is 3.67. The number of carbonyl (C=O) groups is 1. The van der Waals surface area contributed by atoms with E-state index in [1.165, 1.54) is 0 Å². The normalized spacial score (nSPS) is 12.4. The summed E-state index contributed by atoms with van der Waals surface area (Å²) in [5.41, 5.74) is -0.313. The SMILES string of the molecule is CN(C)[C@@H](CNC(=O)c1cc(F)ccc1F)c1ccco1. The summed E-state index contributed by atoms with van der Waals surface area (Å²) in [6.07, 6.45) is 1.54. The average Bonchev–Trinajstić information content (AvgIpc) is 2.95. The Hall–Kier alpha value is -2.21. The average molecular weight is 294 g/mol. The van der Waals surface area contributed by atoms with E-state index in [1.807, 2.05) is 19.0 Å². The number of furan rings is 1. The molecule has 0 radical (unpaired) electrons. The van der Waals surface area contributed by atoms with Crippen LogP contribution in [0.2, 0.25) is 0 Å². The Morgan fingerprint density at radius 2 is 2.10 bits per heavy atom. The third-order valence-corrected chi connectivity index (χ3v) is 3.12. The summed E-state index contributed by atoms with van der Waals surface area (Å²) in [6, 6.07) is 6.13. The van der Waals surface area contributed by atoms with E-state index in [2.05, 4.69) is 5.32 Å². The van der Waals surface area contributed by atoms with Crippen molar-refractivity contribution < 1.29 is 18.0 Å². The zero-order valence-corrected chi connectivity index (χ0v) is 11.8. The van der Waals surface area contributed by atoms with Crippen molar-refractivity contribution in [3.05, 3.63) is 59.6 Å². The van der Waals surface area contributed by atoms with E-state index in [4.69, 9.17) is 4.42 Å². The third kappa shape index (κ3) is 3.66. The van der Waals surface area contributed by atoms with Crippen LogP contribution in [0.5, 0.6) is 0 Å². The number of hydrogen-bond acceptors (Lipinski definition) is 3. The first-order chi connectivity index (χ1) is 9.99. The minimum Gasteiger partial charge on any atom is -0.468 e. The minimum atomic E-state index is -0.756. The Bertz CT molecular complexity index is 612. The van der Waals surface area contributed by atoms with E-state index in [0.717, 1.165) is 18.2 Å². The van der Waals surface area contributed by atoms with Gasteiger partial charge < -0.3 is 9.73 Å². The van der Waals surface area contributed by atoms with Gasteiger partial charge in [0.15, 0.2) is 0 Å². The molecular formula is C15H16F2N2O2. The zero-order chi connectivity index (χ0) is 15.4. The monoisotopic (exact) mass is 294 g/mol. The molecule has 1 heterocycles. The maximum Gasteiger partial charge on any atom is 0.254 e. The molecule has 1 aromatic carbocycles. The Morgan fingerprint density at radius 1 is 1.33 bits per heavy atom. The molecule has 0 spiro atoms. The van der Waals surface area contributed by atoms with Gasteiger partial charge in [0, 0.05) is 6.54 Å². The topological polar surface area (TPSA) is 45.5 Å². The predicted octanol–water partition coefficient (Wildman–Crippen LogP) is 2.59. The van der Waals surface area contributed by atoms with E-state index >= 15 is 0 Å². The lowest BCUT2D eigenvalue weighted by Gasteiger charge is -2.22. The first kappa shape index (κ1) is 15.2. The lowest BCUT2D eigenvalue weighted by Crippen LogP contribution is -2.34. The number of rotatable bonds is 5. The molecule has 0 aliphatic heterocycles. The van der Waals surface area contributed by atoms with Gasteiger partial charge >= 0.3 is 0 Å². The fourth-order valence-corrected chi connectivity index (χ4v) is 1.97. The van der Waals surface area contributed by atoms with Gasteiger partial charge in [-0.1, -0.05) is 0 Å². The fourth-order valence-electron chi connectivity index (χ4n) is 1.97. The molecule has 0 aliphatic carbocycles. The van der Waals surface area contributed by atoms with Crippen LogP contribution >= 0.6 is 0 Å². The van der Waals surface area contributed by atoms with Gasteiger partial charge in [-0.15, -0.1) is 0 Å². The van der Waals surface area contributed by atoms with Crippen LogP contribution in [-0.2, 0) is 0 Å². The molecule has 1 amide bonds. The maximum atomic E-state index is 13.5. The maximum absolute atomic E-state index is 13.5. The Kier molecular flexibility index (Phi) is 4.70. The summed E-state index contributed by atoms with van der Waals surface area (Å²) < 4.78 is 31.9. The molecule has 1 atom stereocenters. The van der Waals surface area contributed by atoms with Gasteiger partial charge in [-0.25, -0.2) is 8.78 Å². The summed E-state index contributed by atoms with van der Waals surface area (Å²) in [5.74, 6) is -1.39. The van der Waals surface area contributed by atoms with Crippen LogP contribution in [0.1, 0.15) is 22.2 Å². The standard InChI is InChI=1S/C15H16F2N2O2/c1-19(2)13(14-4-3-7-21-14)9-18-15(20)11-8-10(16)5-6-12(11)17/h3-8,13H,9H2,1-2H3,(H,18,20)/t13-/m0/s1. The molecule has 21 heavy (non-hydrogen) atoms. The van der Waals surface area contributed by atoms with Gasteiger partial charge in [-0.05, 0) is 44.4 Å². The summed E-state index contributed by atoms with van der Waals surface area (Å²) in [4.78, 5) is 13.8. The molecule has 0 saturated carbocycles. The van der Waals surface area contributed by atoms with Crippen LogP contribution in [0.25, 0.3) is 0 Å². The van der Waals surface area contributed by atoms with Gasteiger partial charge in [0.25, 0.3) is 5.91 Å². The van der Waals surface area contributed by atoms with Crippen LogP contribution < -0.4 is 5.32 Å². The van der Waals surface area contributed by atoms with Crippen molar-refractivity contribution in [1.29, 1.82) is 0 Å². The molecule has 0 bridgehead atoms. The number of nitrogens with zero attached hydrogens (tertiary/aromatic N) is 1. The quantitative estimate of drug-likeness (QED) is 0.922. The van der Waals surface area contributed by atoms with Crippen LogP contribution in [0.3, 0.4) is 0 Å². The Balaban J connectivity index is 2.07. The summed E-state index contributed by atoms with van der Waals surface area (Å²) >= 11 is 0. The lowest BCUT2D eigenvalue weighted by molar-refractivity contribution is 0.0934. The van der Waals surface area contributed by atoms with Crippen molar-refractivity contribution in [3.8, 4) is 0 Å². The summed E-state index contributed by atoms with van der Waals surface area (Å²) in [6.45, 7) is 0.218. The Labute approximate surface area is 121 Å². The smallest absolute Gasteiger partial charge is 0.254 e. The highest BCUT2D eigenvalue weighted by Gasteiger charge is 2.19. The van der Waals surface area contributed by atoms with Crippen LogP contribution in [0.15, 0.2) is 41.0 Å². The van der Waals surface area contributed by atoms with Crippen LogP contribution in [0, 0.1) is 11.6 Å². The predicted molar refractivity (Wildman–Crippen MR) is 73.8 cm³/mol.